The van der Waals surface area contributed by atoms with Gasteiger partial charge in [-0.1, -0.05) is 13.8 Å². The van der Waals surface area contributed by atoms with Crippen LogP contribution in [0.2, 0.25) is 0 Å². The van der Waals surface area contributed by atoms with Crippen molar-refractivity contribution in [3.63, 3.8) is 0 Å². The van der Waals surface area contributed by atoms with Gasteiger partial charge in [0.1, 0.15) is 5.82 Å². The van der Waals surface area contributed by atoms with Gasteiger partial charge in [-0.25, -0.2) is 4.39 Å². The summed E-state index contributed by atoms with van der Waals surface area (Å²) in [7, 11) is 1.84. The van der Waals surface area contributed by atoms with Gasteiger partial charge in [0.2, 0.25) is 0 Å². The highest BCUT2D eigenvalue weighted by Gasteiger charge is 2.21. The van der Waals surface area contributed by atoms with Crippen LogP contribution in [0.25, 0.3) is 0 Å². The molecule has 0 fully saturated rings. The zero-order valence-electron chi connectivity index (χ0n) is 11.5. The van der Waals surface area contributed by atoms with Crippen molar-refractivity contribution in [2.45, 2.75) is 20.4 Å². The summed E-state index contributed by atoms with van der Waals surface area (Å²) in [6, 6.07) is 3.52. The van der Waals surface area contributed by atoms with Crippen molar-refractivity contribution in [2.75, 3.05) is 20.1 Å². The first kappa shape index (κ1) is 15.5. The van der Waals surface area contributed by atoms with Gasteiger partial charge in [0.15, 0.2) is 0 Å². The van der Waals surface area contributed by atoms with Crippen LogP contribution in [0.5, 0.6) is 0 Å². The largest absolute Gasteiger partial charge is 0.330 e. The third-order valence-corrected chi connectivity index (χ3v) is 2.93. The lowest BCUT2D eigenvalue weighted by Crippen LogP contribution is -2.36. The molecule has 0 amide bonds. The number of nitrogens with two attached hydrogens (primary N) is 1. The Labute approximate surface area is 112 Å². The molecule has 0 atom stereocenters. The van der Waals surface area contributed by atoms with Crippen LogP contribution in [-0.4, -0.2) is 30.0 Å². The van der Waals surface area contributed by atoms with Crippen LogP contribution in [0, 0.1) is 21.3 Å². The third-order valence-electron chi connectivity index (χ3n) is 2.93. The second-order valence-corrected chi connectivity index (χ2v) is 5.57. The van der Waals surface area contributed by atoms with E-state index >= 15 is 0 Å². The van der Waals surface area contributed by atoms with Crippen LogP contribution in [-0.2, 0) is 6.54 Å². The highest BCUT2D eigenvalue weighted by Crippen LogP contribution is 2.22. The number of benzene rings is 1. The van der Waals surface area contributed by atoms with E-state index in [1.807, 2.05) is 25.8 Å². The lowest BCUT2D eigenvalue weighted by Gasteiger charge is -2.28. The molecule has 0 saturated heterocycles. The minimum Gasteiger partial charge on any atom is -0.330 e. The Balaban J connectivity index is 2.87. The highest BCUT2D eigenvalue weighted by molar-refractivity contribution is 5.40. The number of nitro groups is 1. The summed E-state index contributed by atoms with van der Waals surface area (Å²) >= 11 is 0. The maximum atomic E-state index is 13.2. The number of hydrogen-bond donors (Lipinski definition) is 1. The molecule has 0 heterocycles. The fourth-order valence-electron chi connectivity index (χ4n) is 2.00. The minimum absolute atomic E-state index is 0.0567. The second-order valence-electron chi connectivity index (χ2n) is 5.57. The van der Waals surface area contributed by atoms with Crippen LogP contribution in [0.4, 0.5) is 10.1 Å². The Hall–Kier alpha value is -1.53. The van der Waals surface area contributed by atoms with Gasteiger partial charge in [0.05, 0.1) is 4.92 Å². The fraction of sp³-hybridized carbons (Fsp3) is 0.538. The Morgan fingerprint density at radius 3 is 2.63 bits per heavy atom. The Morgan fingerprint density at radius 1 is 1.47 bits per heavy atom. The van der Waals surface area contributed by atoms with Crippen LogP contribution >= 0.6 is 0 Å². The van der Waals surface area contributed by atoms with Gasteiger partial charge in [-0.15, -0.1) is 0 Å². The molecule has 0 unspecified atom stereocenters. The Morgan fingerprint density at radius 2 is 2.11 bits per heavy atom. The molecule has 0 radical (unpaired) electrons. The quantitative estimate of drug-likeness (QED) is 0.634. The Kier molecular flexibility index (Phi) is 4.97. The summed E-state index contributed by atoms with van der Waals surface area (Å²) in [5.41, 5.74) is 5.89. The van der Waals surface area contributed by atoms with E-state index in [1.54, 1.807) is 0 Å². The van der Waals surface area contributed by atoms with Gasteiger partial charge < -0.3 is 10.6 Å². The average Bonchev–Trinajstić information content (AvgIpc) is 2.27. The van der Waals surface area contributed by atoms with Crippen molar-refractivity contribution >= 4 is 5.69 Å². The molecule has 0 aromatic heterocycles. The predicted molar refractivity (Wildman–Crippen MR) is 72.2 cm³/mol. The number of nitrogens with zero attached hydrogens (tertiary/aromatic N) is 2. The van der Waals surface area contributed by atoms with Crippen LogP contribution in [0.3, 0.4) is 0 Å². The first-order valence-electron chi connectivity index (χ1n) is 6.06. The van der Waals surface area contributed by atoms with Crippen molar-refractivity contribution in [3.05, 3.63) is 39.7 Å². The van der Waals surface area contributed by atoms with Crippen molar-refractivity contribution < 1.29 is 9.31 Å². The monoisotopic (exact) mass is 269 g/mol. The molecule has 6 heteroatoms. The molecule has 1 aromatic carbocycles. The van der Waals surface area contributed by atoms with E-state index < -0.39 is 10.7 Å². The Bertz CT molecular complexity index is 463. The van der Waals surface area contributed by atoms with Crippen molar-refractivity contribution in [2.24, 2.45) is 11.1 Å². The highest BCUT2D eigenvalue weighted by atomic mass is 19.1. The van der Waals surface area contributed by atoms with E-state index in [-0.39, 0.29) is 11.1 Å². The lowest BCUT2D eigenvalue weighted by atomic mass is 9.93. The number of rotatable bonds is 6. The minimum atomic E-state index is -0.489. The lowest BCUT2D eigenvalue weighted by molar-refractivity contribution is -0.385. The van der Waals surface area contributed by atoms with Crippen LogP contribution in [0.15, 0.2) is 18.2 Å². The molecule has 0 bridgehead atoms. The van der Waals surface area contributed by atoms with E-state index in [0.717, 1.165) is 6.07 Å². The zero-order chi connectivity index (χ0) is 14.6. The molecule has 5 nitrogen and oxygen atoms in total. The summed E-state index contributed by atoms with van der Waals surface area (Å²) in [6.45, 7) is 5.55. The third kappa shape index (κ3) is 4.57. The molecule has 2 N–H and O–H groups in total. The molecule has 1 rings (SSSR count). The van der Waals surface area contributed by atoms with Crippen molar-refractivity contribution in [1.29, 1.82) is 0 Å². The molecule has 0 saturated carbocycles. The predicted octanol–water partition coefficient (Wildman–Crippen LogP) is 2.15. The molecule has 19 heavy (non-hydrogen) atoms. The van der Waals surface area contributed by atoms with Gasteiger partial charge in [0, 0.05) is 24.7 Å². The number of hydrogen-bond acceptors (Lipinski definition) is 4. The van der Waals surface area contributed by atoms with Gasteiger partial charge in [-0.2, -0.15) is 0 Å². The SMILES string of the molecule is CN(Cc1cc(F)ccc1[N+](=O)[O-])CC(C)(C)CN. The summed E-state index contributed by atoms with van der Waals surface area (Å²) in [4.78, 5) is 12.3. The van der Waals surface area contributed by atoms with Crippen LogP contribution < -0.4 is 5.73 Å². The normalized spacial score (nSPS) is 11.9. The molecule has 106 valence electrons. The molecule has 0 aliphatic rings. The summed E-state index contributed by atoms with van der Waals surface area (Å²) in [6.07, 6.45) is 0. The van der Waals surface area contributed by atoms with Gasteiger partial charge in [-0.3, -0.25) is 10.1 Å². The molecule has 0 aliphatic carbocycles. The smallest absolute Gasteiger partial charge is 0.274 e. The second kappa shape index (κ2) is 6.08. The van der Waals surface area contributed by atoms with Crippen molar-refractivity contribution in [1.82, 2.24) is 4.90 Å². The van der Waals surface area contributed by atoms with Gasteiger partial charge >= 0.3 is 0 Å². The zero-order valence-corrected chi connectivity index (χ0v) is 11.5. The topological polar surface area (TPSA) is 72.4 Å². The summed E-state index contributed by atoms with van der Waals surface area (Å²) < 4.78 is 13.2. The molecule has 0 spiro atoms. The standard InChI is InChI=1S/C13H20FN3O2/c1-13(2,8-15)9-16(3)7-10-6-11(14)4-5-12(10)17(18)19/h4-6H,7-9,15H2,1-3H3. The molecule has 0 aliphatic heterocycles. The van der Waals surface area contributed by atoms with Gasteiger partial charge in [0.25, 0.3) is 5.69 Å². The first-order chi connectivity index (χ1) is 8.75. The number of nitro benzene ring substituents is 1. The first-order valence-corrected chi connectivity index (χ1v) is 6.06. The van der Waals surface area contributed by atoms with E-state index in [9.17, 15) is 14.5 Å². The van der Waals surface area contributed by atoms with Crippen molar-refractivity contribution in [3.8, 4) is 0 Å². The van der Waals surface area contributed by atoms with E-state index in [0.29, 0.717) is 25.2 Å². The molecular formula is C13H20FN3O2. The average molecular weight is 269 g/mol. The molecule has 1 aromatic rings. The van der Waals surface area contributed by atoms with E-state index in [4.69, 9.17) is 5.73 Å². The molecular weight excluding hydrogens is 249 g/mol. The van der Waals surface area contributed by atoms with E-state index in [2.05, 4.69) is 0 Å². The maximum Gasteiger partial charge on any atom is 0.274 e. The van der Waals surface area contributed by atoms with Gasteiger partial charge in [-0.05, 0) is 31.1 Å². The van der Waals surface area contributed by atoms with E-state index in [1.165, 1.54) is 12.1 Å². The van der Waals surface area contributed by atoms with Crippen LogP contribution in [0.1, 0.15) is 19.4 Å². The number of halogens is 1. The maximum absolute atomic E-state index is 13.2. The summed E-state index contributed by atoms with van der Waals surface area (Å²) in [5, 5.41) is 10.9. The fourth-order valence-corrected chi connectivity index (χ4v) is 2.00. The summed E-state index contributed by atoms with van der Waals surface area (Å²) in [5.74, 6) is -0.466.